The average molecular weight is 341 g/mol. The number of aryl methyl sites for hydroxylation is 2. The lowest BCUT2D eigenvalue weighted by Gasteiger charge is -2.13. The molecule has 2 aromatic rings. The van der Waals surface area contributed by atoms with Crippen molar-refractivity contribution in [3.63, 3.8) is 0 Å². The van der Waals surface area contributed by atoms with E-state index < -0.39 is 0 Å². The molecule has 3 rings (SSSR count). The van der Waals surface area contributed by atoms with Gasteiger partial charge in [0.2, 0.25) is 0 Å². The predicted molar refractivity (Wildman–Crippen MR) is 100 cm³/mol. The molecule has 1 atom stereocenters. The van der Waals surface area contributed by atoms with Crippen LogP contribution in [0.2, 0.25) is 0 Å². The van der Waals surface area contributed by atoms with E-state index in [4.69, 9.17) is 4.74 Å². The summed E-state index contributed by atoms with van der Waals surface area (Å²) in [5, 5.41) is 3.02. The van der Waals surface area contributed by atoms with Crippen LogP contribution in [-0.4, -0.2) is 24.4 Å². The monoisotopic (exact) mass is 341 g/mol. The zero-order valence-electron chi connectivity index (χ0n) is 14.2. The van der Waals surface area contributed by atoms with Crippen molar-refractivity contribution in [3.8, 4) is 0 Å². The summed E-state index contributed by atoms with van der Waals surface area (Å²) in [6.07, 6.45) is 2.56. The Morgan fingerprint density at radius 3 is 2.67 bits per heavy atom. The molecule has 0 saturated carbocycles. The van der Waals surface area contributed by atoms with E-state index in [1.54, 1.807) is 11.8 Å². The van der Waals surface area contributed by atoms with Gasteiger partial charge in [-0.3, -0.25) is 4.79 Å². The van der Waals surface area contributed by atoms with Crippen LogP contribution in [0.4, 0.5) is 5.69 Å². The van der Waals surface area contributed by atoms with Gasteiger partial charge in [-0.25, -0.2) is 0 Å². The quantitative estimate of drug-likeness (QED) is 0.792. The van der Waals surface area contributed by atoms with E-state index in [-0.39, 0.29) is 5.91 Å². The lowest BCUT2D eigenvalue weighted by atomic mass is 10.1. The zero-order valence-corrected chi connectivity index (χ0v) is 15.0. The third-order valence-electron chi connectivity index (χ3n) is 4.06. The minimum Gasteiger partial charge on any atom is -0.377 e. The second-order valence-corrected chi connectivity index (χ2v) is 7.33. The lowest BCUT2D eigenvalue weighted by Crippen LogP contribution is -2.14. The number of benzene rings is 2. The second-order valence-electron chi connectivity index (χ2n) is 6.27. The first kappa shape index (κ1) is 17.1. The SMILES string of the molecule is Cc1cc(C)cc(NC(=O)c2ccccc2SCC2CCCO2)c1. The molecule has 1 heterocycles. The van der Waals surface area contributed by atoms with Crippen molar-refractivity contribution >= 4 is 23.4 Å². The molecule has 0 bridgehead atoms. The smallest absolute Gasteiger partial charge is 0.256 e. The fourth-order valence-electron chi connectivity index (χ4n) is 2.98. The maximum atomic E-state index is 12.7. The Labute approximate surface area is 147 Å². The first-order valence-corrected chi connectivity index (χ1v) is 9.33. The van der Waals surface area contributed by atoms with E-state index in [1.165, 1.54) is 0 Å². The molecule has 1 amide bonds. The number of ether oxygens (including phenoxy) is 1. The summed E-state index contributed by atoms with van der Waals surface area (Å²) in [5.74, 6) is 0.837. The highest BCUT2D eigenvalue weighted by molar-refractivity contribution is 7.99. The molecule has 24 heavy (non-hydrogen) atoms. The number of carbonyl (C=O) groups excluding carboxylic acids is 1. The molecule has 1 saturated heterocycles. The van der Waals surface area contributed by atoms with Gasteiger partial charge in [-0.2, -0.15) is 0 Å². The fourth-order valence-corrected chi connectivity index (χ4v) is 4.10. The van der Waals surface area contributed by atoms with Crippen molar-refractivity contribution in [1.82, 2.24) is 0 Å². The first-order valence-electron chi connectivity index (χ1n) is 8.35. The third kappa shape index (κ3) is 4.40. The van der Waals surface area contributed by atoms with Crippen LogP contribution in [0.25, 0.3) is 0 Å². The molecule has 0 spiro atoms. The van der Waals surface area contributed by atoms with Crippen molar-refractivity contribution in [2.75, 3.05) is 17.7 Å². The normalized spacial score (nSPS) is 17.0. The van der Waals surface area contributed by atoms with E-state index in [2.05, 4.69) is 11.4 Å². The summed E-state index contributed by atoms with van der Waals surface area (Å²) in [6, 6.07) is 13.9. The van der Waals surface area contributed by atoms with Gasteiger partial charge in [0.05, 0.1) is 11.7 Å². The van der Waals surface area contributed by atoms with Crippen LogP contribution >= 0.6 is 11.8 Å². The van der Waals surface area contributed by atoms with Crippen LogP contribution in [0.1, 0.15) is 34.3 Å². The number of anilines is 1. The Kier molecular flexibility index (Phi) is 5.59. The Balaban J connectivity index is 1.71. The van der Waals surface area contributed by atoms with Gasteiger partial charge in [0.25, 0.3) is 5.91 Å². The van der Waals surface area contributed by atoms with E-state index in [1.807, 2.05) is 50.2 Å². The molecule has 1 unspecified atom stereocenters. The van der Waals surface area contributed by atoms with Gasteiger partial charge < -0.3 is 10.1 Å². The number of nitrogens with one attached hydrogen (secondary N) is 1. The molecular formula is C20H23NO2S. The number of hydrogen-bond acceptors (Lipinski definition) is 3. The third-order valence-corrected chi connectivity index (χ3v) is 5.27. The van der Waals surface area contributed by atoms with Gasteiger partial charge >= 0.3 is 0 Å². The van der Waals surface area contributed by atoms with E-state index in [0.717, 1.165) is 52.5 Å². The highest BCUT2D eigenvalue weighted by atomic mass is 32.2. The number of thioether (sulfide) groups is 1. The number of rotatable bonds is 5. The van der Waals surface area contributed by atoms with Gasteiger partial charge in [-0.1, -0.05) is 18.2 Å². The summed E-state index contributed by atoms with van der Waals surface area (Å²) < 4.78 is 5.68. The molecule has 1 aliphatic rings. The zero-order chi connectivity index (χ0) is 16.9. The van der Waals surface area contributed by atoms with Crippen molar-refractivity contribution in [1.29, 1.82) is 0 Å². The second kappa shape index (κ2) is 7.86. The molecule has 4 heteroatoms. The van der Waals surface area contributed by atoms with Gasteiger partial charge in [0, 0.05) is 22.9 Å². The number of carbonyl (C=O) groups is 1. The topological polar surface area (TPSA) is 38.3 Å². The highest BCUT2D eigenvalue weighted by Crippen LogP contribution is 2.27. The fraction of sp³-hybridized carbons (Fsp3) is 0.350. The standard InChI is InChI=1S/C20H23NO2S/c1-14-10-15(2)12-16(11-14)21-20(22)18-7-3-4-8-19(18)24-13-17-6-5-9-23-17/h3-4,7-8,10-12,17H,5-6,9,13H2,1-2H3,(H,21,22). The van der Waals surface area contributed by atoms with E-state index in [0.29, 0.717) is 6.10 Å². The summed E-state index contributed by atoms with van der Waals surface area (Å²) in [4.78, 5) is 13.7. The molecule has 0 aromatic heterocycles. The molecule has 3 nitrogen and oxygen atoms in total. The first-order chi connectivity index (χ1) is 11.6. The lowest BCUT2D eigenvalue weighted by molar-refractivity contribution is 0.102. The van der Waals surface area contributed by atoms with Gasteiger partial charge in [0.1, 0.15) is 0 Å². The van der Waals surface area contributed by atoms with Gasteiger partial charge in [-0.05, 0) is 62.1 Å². The summed E-state index contributed by atoms with van der Waals surface area (Å²) in [5.41, 5.74) is 3.86. The van der Waals surface area contributed by atoms with Crippen LogP contribution in [-0.2, 0) is 4.74 Å². The van der Waals surface area contributed by atoms with Crippen LogP contribution < -0.4 is 5.32 Å². The Morgan fingerprint density at radius 2 is 1.96 bits per heavy atom. The van der Waals surface area contributed by atoms with E-state index >= 15 is 0 Å². The maximum Gasteiger partial charge on any atom is 0.256 e. The van der Waals surface area contributed by atoms with Crippen LogP contribution in [0, 0.1) is 13.8 Å². The van der Waals surface area contributed by atoms with Crippen molar-refractivity contribution in [3.05, 3.63) is 59.2 Å². The van der Waals surface area contributed by atoms with Crippen LogP contribution in [0.15, 0.2) is 47.4 Å². The van der Waals surface area contributed by atoms with E-state index in [9.17, 15) is 4.79 Å². The van der Waals surface area contributed by atoms with Gasteiger partial charge in [-0.15, -0.1) is 11.8 Å². The average Bonchev–Trinajstić information content (AvgIpc) is 3.05. The van der Waals surface area contributed by atoms with Crippen molar-refractivity contribution in [2.45, 2.75) is 37.7 Å². The molecule has 0 radical (unpaired) electrons. The summed E-state index contributed by atoms with van der Waals surface area (Å²) in [6.45, 7) is 4.93. The van der Waals surface area contributed by atoms with Crippen molar-refractivity contribution < 1.29 is 9.53 Å². The molecule has 1 aliphatic heterocycles. The highest BCUT2D eigenvalue weighted by Gasteiger charge is 2.18. The molecule has 0 aliphatic carbocycles. The number of amides is 1. The molecule has 1 N–H and O–H groups in total. The summed E-state index contributed by atoms with van der Waals surface area (Å²) in [7, 11) is 0. The Bertz CT molecular complexity index is 703. The van der Waals surface area contributed by atoms with Gasteiger partial charge in [0.15, 0.2) is 0 Å². The molecular weight excluding hydrogens is 318 g/mol. The maximum absolute atomic E-state index is 12.7. The van der Waals surface area contributed by atoms with Crippen LogP contribution in [0.3, 0.4) is 0 Å². The number of hydrogen-bond donors (Lipinski definition) is 1. The predicted octanol–water partition coefficient (Wildman–Crippen LogP) is 4.83. The summed E-state index contributed by atoms with van der Waals surface area (Å²) >= 11 is 1.70. The minimum atomic E-state index is -0.0598. The van der Waals surface area contributed by atoms with Crippen molar-refractivity contribution in [2.24, 2.45) is 0 Å². The van der Waals surface area contributed by atoms with Crippen LogP contribution in [0.5, 0.6) is 0 Å². The largest absolute Gasteiger partial charge is 0.377 e. The Hall–Kier alpha value is -1.78. The molecule has 126 valence electrons. The molecule has 1 fully saturated rings. The molecule has 2 aromatic carbocycles. The minimum absolute atomic E-state index is 0.0598. The Morgan fingerprint density at radius 1 is 1.21 bits per heavy atom.